The van der Waals surface area contributed by atoms with Gasteiger partial charge in [0.25, 0.3) is 0 Å². The van der Waals surface area contributed by atoms with Crippen LogP contribution in [0.15, 0.2) is 36.4 Å². The number of hydrogen-bond donors (Lipinski definition) is 2. The third kappa shape index (κ3) is 3.33. The Morgan fingerprint density at radius 1 is 1.30 bits per heavy atom. The zero-order valence-electron chi connectivity index (χ0n) is 11.5. The smallest absolute Gasteiger partial charge is 0.230 e. The van der Waals surface area contributed by atoms with E-state index in [0.717, 1.165) is 11.3 Å². The molecule has 0 bridgehead atoms. The molecule has 2 rings (SSSR count). The second-order valence-corrected chi connectivity index (χ2v) is 4.40. The van der Waals surface area contributed by atoms with Crippen LogP contribution in [0.5, 0.6) is 11.6 Å². The van der Waals surface area contributed by atoms with E-state index in [1.807, 2.05) is 31.2 Å². The average Bonchev–Trinajstić information content (AvgIpc) is 2.39. The largest absolute Gasteiger partial charge is 0.438 e. The van der Waals surface area contributed by atoms with Gasteiger partial charge in [0.15, 0.2) is 0 Å². The maximum Gasteiger partial charge on any atom is 0.230 e. The van der Waals surface area contributed by atoms with Gasteiger partial charge in [-0.15, -0.1) is 0 Å². The molecule has 0 unspecified atom stereocenters. The van der Waals surface area contributed by atoms with Crippen LogP contribution in [0.4, 0.5) is 0 Å². The molecule has 0 radical (unpaired) electrons. The summed E-state index contributed by atoms with van der Waals surface area (Å²) in [5.41, 5.74) is 7.82. The molecule has 0 atom stereocenters. The normalized spacial score (nSPS) is 10.3. The van der Waals surface area contributed by atoms with E-state index < -0.39 is 0 Å². The first kappa shape index (κ1) is 14.0. The lowest BCUT2D eigenvalue weighted by atomic mass is 10.2. The third-order valence-corrected chi connectivity index (χ3v) is 2.71. The number of nitrogens with two attached hydrogens (primary N) is 1. The van der Waals surface area contributed by atoms with E-state index in [9.17, 15) is 0 Å². The molecule has 5 heteroatoms. The Labute approximate surface area is 117 Å². The van der Waals surface area contributed by atoms with Crippen molar-refractivity contribution in [3.05, 3.63) is 53.2 Å². The van der Waals surface area contributed by atoms with Crippen LogP contribution >= 0.6 is 0 Å². The van der Waals surface area contributed by atoms with Crippen molar-refractivity contribution < 1.29 is 9.47 Å². The Bertz CT molecular complexity index is 626. The fourth-order valence-corrected chi connectivity index (χ4v) is 1.79. The highest BCUT2D eigenvalue weighted by molar-refractivity contribution is 5.97. The van der Waals surface area contributed by atoms with Gasteiger partial charge in [-0.1, -0.05) is 12.1 Å². The Morgan fingerprint density at radius 3 is 2.80 bits per heavy atom. The average molecular weight is 271 g/mol. The molecule has 1 heterocycles. The quantitative estimate of drug-likeness (QED) is 0.647. The molecule has 0 saturated carbocycles. The topological polar surface area (TPSA) is 81.2 Å². The molecular formula is C15H17N3O2. The van der Waals surface area contributed by atoms with Gasteiger partial charge in [-0.05, 0) is 36.8 Å². The van der Waals surface area contributed by atoms with Crippen molar-refractivity contribution in [2.24, 2.45) is 5.73 Å². The lowest BCUT2D eigenvalue weighted by molar-refractivity contribution is 0.184. The Morgan fingerprint density at radius 2 is 2.10 bits per heavy atom. The SMILES string of the molecule is COCc1cccc(Oc2nc(C)ccc2C(=N)N)c1. The van der Waals surface area contributed by atoms with Crippen molar-refractivity contribution in [1.29, 1.82) is 5.41 Å². The number of ether oxygens (including phenoxy) is 2. The van der Waals surface area contributed by atoms with Gasteiger partial charge in [-0.2, -0.15) is 0 Å². The molecule has 0 fully saturated rings. The number of amidine groups is 1. The van der Waals surface area contributed by atoms with E-state index in [1.165, 1.54) is 0 Å². The maximum absolute atomic E-state index is 7.56. The first-order valence-electron chi connectivity index (χ1n) is 6.18. The van der Waals surface area contributed by atoms with E-state index in [0.29, 0.717) is 23.8 Å². The van der Waals surface area contributed by atoms with Gasteiger partial charge in [0.05, 0.1) is 12.2 Å². The molecule has 0 amide bonds. The number of aromatic nitrogens is 1. The second kappa shape index (κ2) is 6.16. The van der Waals surface area contributed by atoms with E-state index in [2.05, 4.69) is 4.98 Å². The highest BCUT2D eigenvalue weighted by Gasteiger charge is 2.10. The Kier molecular flexibility index (Phi) is 4.32. The zero-order chi connectivity index (χ0) is 14.5. The van der Waals surface area contributed by atoms with Crippen molar-refractivity contribution in [3.8, 4) is 11.6 Å². The monoisotopic (exact) mass is 271 g/mol. The van der Waals surface area contributed by atoms with Gasteiger partial charge in [0.2, 0.25) is 5.88 Å². The number of rotatable bonds is 5. The first-order chi connectivity index (χ1) is 9.60. The predicted molar refractivity (Wildman–Crippen MR) is 77.2 cm³/mol. The molecule has 0 spiro atoms. The molecule has 0 saturated heterocycles. The number of methoxy groups -OCH3 is 1. The van der Waals surface area contributed by atoms with Crippen molar-refractivity contribution in [3.63, 3.8) is 0 Å². The van der Waals surface area contributed by atoms with Crippen molar-refractivity contribution in [2.75, 3.05) is 7.11 Å². The van der Waals surface area contributed by atoms with Crippen LogP contribution in [-0.4, -0.2) is 17.9 Å². The van der Waals surface area contributed by atoms with Crippen LogP contribution < -0.4 is 10.5 Å². The maximum atomic E-state index is 7.56. The van der Waals surface area contributed by atoms with E-state index in [4.69, 9.17) is 20.6 Å². The molecule has 20 heavy (non-hydrogen) atoms. The minimum atomic E-state index is -0.0689. The summed E-state index contributed by atoms with van der Waals surface area (Å²) in [6.45, 7) is 2.37. The van der Waals surface area contributed by atoms with Crippen molar-refractivity contribution in [1.82, 2.24) is 4.98 Å². The number of hydrogen-bond acceptors (Lipinski definition) is 4. The van der Waals surface area contributed by atoms with Crippen LogP contribution in [0.2, 0.25) is 0 Å². The molecule has 104 valence electrons. The summed E-state index contributed by atoms with van der Waals surface area (Å²) in [7, 11) is 1.64. The fourth-order valence-electron chi connectivity index (χ4n) is 1.79. The van der Waals surface area contributed by atoms with E-state index >= 15 is 0 Å². The number of benzene rings is 1. The molecule has 1 aromatic carbocycles. The summed E-state index contributed by atoms with van der Waals surface area (Å²) in [5.74, 6) is 0.910. The molecule has 0 aliphatic carbocycles. The number of pyridine rings is 1. The highest BCUT2D eigenvalue weighted by atomic mass is 16.5. The van der Waals surface area contributed by atoms with Crippen molar-refractivity contribution >= 4 is 5.84 Å². The number of aryl methyl sites for hydroxylation is 1. The number of nitrogens with zero attached hydrogens (tertiary/aromatic N) is 1. The molecular weight excluding hydrogens is 254 g/mol. The number of nitrogen functional groups attached to an aromatic ring is 1. The number of nitrogens with one attached hydrogen (secondary N) is 1. The van der Waals surface area contributed by atoms with Crippen molar-refractivity contribution in [2.45, 2.75) is 13.5 Å². The van der Waals surface area contributed by atoms with Crippen LogP contribution in [-0.2, 0) is 11.3 Å². The summed E-state index contributed by atoms with van der Waals surface area (Å²) in [6.07, 6.45) is 0. The molecule has 0 aliphatic rings. The summed E-state index contributed by atoms with van der Waals surface area (Å²) in [4.78, 5) is 4.29. The van der Waals surface area contributed by atoms with Crippen LogP contribution in [0.25, 0.3) is 0 Å². The van der Waals surface area contributed by atoms with Crippen LogP contribution in [0, 0.1) is 12.3 Å². The van der Waals surface area contributed by atoms with Gasteiger partial charge in [0.1, 0.15) is 11.6 Å². The molecule has 0 aliphatic heterocycles. The third-order valence-electron chi connectivity index (χ3n) is 2.71. The highest BCUT2D eigenvalue weighted by Crippen LogP contribution is 2.24. The summed E-state index contributed by atoms with van der Waals surface area (Å²) in [6, 6.07) is 11.1. The Hall–Kier alpha value is -2.40. The summed E-state index contributed by atoms with van der Waals surface area (Å²) in [5, 5.41) is 7.56. The van der Waals surface area contributed by atoms with E-state index in [-0.39, 0.29) is 5.84 Å². The van der Waals surface area contributed by atoms with Gasteiger partial charge >= 0.3 is 0 Å². The van der Waals surface area contributed by atoms with Gasteiger partial charge in [0, 0.05) is 12.8 Å². The zero-order valence-corrected chi connectivity index (χ0v) is 11.5. The van der Waals surface area contributed by atoms with Gasteiger partial charge in [-0.3, -0.25) is 5.41 Å². The van der Waals surface area contributed by atoms with Gasteiger partial charge < -0.3 is 15.2 Å². The van der Waals surface area contributed by atoms with E-state index in [1.54, 1.807) is 19.2 Å². The minimum Gasteiger partial charge on any atom is -0.438 e. The lowest BCUT2D eigenvalue weighted by Gasteiger charge is -2.10. The fraction of sp³-hybridized carbons (Fsp3) is 0.200. The predicted octanol–water partition coefficient (Wildman–Crippen LogP) is 2.61. The second-order valence-electron chi connectivity index (χ2n) is 4.40. The lowest BCUT2D eigenvalue weighted by Crippen LogP contribution is -2.13. The Balaban J connectivity index is 2.31. The summed E-state index contributed by atoms with van der Waals surface area (Å²) < 4.78 is 10.8. The van der Waals surface area contributed by atoms with Crippen LogP contribution in [0.3, 0.4) is 0 Å². The molecule has 5 nitrogen and oxygen atoms in total. The molecule has 2 aromatic rings. The van der Waals surface area contributed by atoms with Gasteiger partial charge in [-0.25, -0.2) is 4.98 Å². The molecule has 1 aromatic heterocycles. The summed E-state index contributed by atoms with van der Waals surface area (Å²) >= 11 is 0. The standard InChI is InChI=1S/C15H17N3O2/c1-10-6-7-13(14(16)17)15(18-10)20-12-5-3-4-11(8-12)9-19-2/h3-8H,9H2,1-2H3,(H3,16,17). The first-order valence-corrected chi connectivity index (χ1v) is 6.18. The molecule has 3 N–H and O–H groups in total. The minimum absolute atomic E-state index is 0.0689. The van der Waals surface area contributed by atoms with Crippen LogP contribution in [0.1, 0.15) is 16.8 Å².